The van der Waals surface area contributed by atoms with Crippen molar-refractivity contribution >= 4 is 11.3 Å². The minimum atomic E-state index is 0.302. The van der Waals surface area contributed by atoms with E-state index in [2.05, 4.69) is 41.3 Å². The summed E-state index contributed by atoms with van der Waals surface area (Å²) in [7, 11) is 1.99. The smallest absolute Gasteiger partial charge is 0.0949 e. The maximum Gasteiger partial charge on any atom is 0.0949 e. The summed E-state index contributed by atoms with van der Waals surface area (Å²) in [6.07, 6.45) is 2.80. The number of rotatable bonds is 4. The molecule has 2 aromatic rings. The Morgan fingerprint density at radius 1 is 1.33 bits per heavy atom. The van der Waals surface area contributed by atoms with Gasteiger partial charge in [0.25, 0.3) is 0 Å². The van der Waals surface area contributed by atoms with E-state index in [1.165, 1.54) is 15.4 Å². The van der Waals surface area contributed by atoms with Gasteiger partial charge in [-0.05, 0) is 45.5 Å². The molecule has 3 nitrogen and oxygen atoms in total. The van der Waals surface area contributed by atoms with E-state index in [1.807, 2.05) is 20.2 Å². The second-order valence-electron chi connectivity index (χ2n) is 4.53. The maximum absolute atomic E-state index is 4.61. The summed E-state index contributed by atoms with van der Waals surface area (Å²) in [5.41, 5.74) is 3.48. The average molecular weight is 261 g/mol. The summed E-state index contributed by atoms with van der Waals surface area (Å²) in [6, 6.07) is 4.51. The van der Waals surface area contributed by atoms with Crippen molar-refractivity contribution in [2.24, 2.45) is 0 Å². The first-order chi connectivity index (χ1) is 8.60. The molecule has 0 aliphatic rings. The van der Waals surface area contributed by atoms with Crippen molar-refractivity contribution in [3.05, 3.63) is 45.2 Å². The SMILES string of the molecule is CNC(Cc1nc(C)c(C)s1)c1ccnc(C)c1. The molecule has 0 saturated heterocycles. The molecular formula is C14H19N3S. The fraction of sp³-hybridized carbons (Fsp3) is 0.429. The van der Waals surface area contributed by atoms with Gasteiger partial charge in [-0.15, -0.1) is 11.3 Å². The highest BCUT2D eigenvalue weighted by molar-refractivity contribution is 7.11. The molecule has 2 aromatic heterocycles. The van der Waals surface area contributed by atoms with Crippen LogP contribution in [0.25, 0.3) is 0 Å². The highest BCUT2D eigenvalue weighted by Gasteiger charge is 2.13. The van der Waals surface area contributed by atoms with Crippen molar-refractivity contribution in [2.75, 3.05) is 7.05 Å². The van der Waals surface area contributed by atoms with Crippen LogP contribution in [0.4, 0.5) is 0 Å². The standard InChI is InChI=1S/C14H19N3S/c1-9-7-12(5-6-16-9)13(15-4)8-14-17-10(2)11(3)18-14/h5-7,13,15H,8H2,1-4H3. The van der Waals surface area contributed by atoms with Gasteiger partial charge in [0, 0.05) is 29.2 Å². The lowest BCUT2D eigenvalue weighted by Crippen LogP contribution is -2.19. The molecule has 0 spiro atoms. The molecule has 4 heteroatoms. The van der Waals surface area contributed by atoms with Crippen LogP contribution in [0, 0.1) is 20.8 Å². The van der Waals surface area contributed by atoms with E-state index in [4.69, 9.17) is 0 Å². The monoisotopic (exact) mass is 261 g/mol. The van der Waals surface area contributed by atoms with Crippen molar-refractivity contribution in [3.63, 3.8) is 0 Å². The van der Waals surface area contributed by atoms with Crippen LogP contribution in [-0.4, -0.2) is 17.0 Å². The largest absolute Gasteiger partial charge is 0.313 e. The maximum atomic E-state index is 4.61. The Labute approximate surface area is 112 Å². The first-order valence-electron chi connectivity index (χ1n) is 6.13. The predicted molar refractivity (Wildman–Crippen MR) is 76.1 cm³/mol. The number of aromatic nitrogens is 2. The Bertz CT molecular complexity index is 514. The van der Waals surface area contributed by atoms with Gasteiger partial charge in [-0.2, -0.15) is 0 Å². The van der Waals surface area contributed by atoms with Gasteiger partial charge in [0.05, 0.1) is 10.7 Å². The number of likely N-dealkylation sites (N-methyl/N-ethyl adjacent to an activating group) is 1. The third kappa shape index (κ3) is 2.94. The van der Waals surface area contributed by atoms with E-state index in [9.17, 15) is 0 Å². The van der Waals surface area contributed by atoms with Gasteiger partial charge < -0.3 is 5.32 Å². The van der Waals surface area contributed by atoms with Crippen molar-refractivity contribution in [2.45, 2.75) is 33.2 Å². The van der Waals surface area contributed by atoms with Gasteiger partial charge in [-0.3, -0.25) is 4.98 Å². The normalized spacial score (nSPS) is 12.7. The Balaban J connectivity index is 2.19. The number of hydrogen-bond donors (Lipinski definition) is 1. The molecule has 0 amide bonds. The Morgan fingerprint density at radius 3 is 2.67 bits per heavy atom. The van der Waals surface area contributed by atoms with Gasteiger partial charge in [0.15, 0.2) is 0 Å². The minimum absolute atomic E-state index is 0.302. The van der Waals surface area contributed by atoms with E-state index in [1.54, 1.807) is 11.3 Å². The second kappa shape index (κ2) is 5.59. The molecule has 96 valence electrons. The van der Waals surface area contributed by atoms with Crippen LogP contribution in [0.15, 0.2) is 18.3 Å². The van der Waals surface area contributed by atoms with Gasteiger partial charge >= 0.3 is 0 Å². The zero-order chi connectivity index (χ0) is 13.1. The second-order valence-corrected chi connectivity index (χ2v) is 5.81. The summed E-state index contributed by atoms with van der Waals surface area (Å²) in [6.45, 7) is 6.22. The van der Waals surface area contributed by atoms with E-state index in [0.717, 1.165) is 17.8 Å². The summed E-state index contributed by atoms with van der Waals surface area (Å²) < 4.78 is 0. The van der Waals surface area contributed by atoms with Crippen LogP contribution < -0.4 is 5.32 Å². The highest BCUT2D eigenvalue weighted by atomic mass is 32.1. The number of aryl methyl sites for hydroxylation is 3. The van der Waals surface area contributed by atoms with Gasteiger partial charge in [0.2, 0.25) is 0 Å². The van der Waals surface area contributed by atoms with Crippen molar-refractivity contribution in [1.82, 2.24) is 15.3 Å². The zero-order valence-electron chi connectivity index (χ0n) is 11.3. The van der Waals surface area contributed by atoms with E-state index in [0.29, 0.717) is 6.04 Å². The average Bonchev–Trinajstić information content (AvgIpc) is 2.65. The molecule has 2 rings (SSSR count). The third-order valence-electron chi connectivity index (χ3n) is 3.12. The molecule has 1 unspecified atom stereocenters. The topological polar surface area (TPSA) is 37.8 Å². The Kier molecular flexibility index (Phi) is 4.09. The van der Waals surface area contributed by atoms with Crippen LogP contribution in [0.2, 0.25) is 0 Å². The molecule has 0 radical (unpaired) electrons. The van der Waals surface area contributed by atoms with Crippen LogP contribution in [0.5, 0.6) is 0 Å². The zero-order valence-corrected chi connectivity index (χ0v) is 12.1. The molecule has 0 bridgehead atoms. The Morgan fingerprint density at radius 2 is 2.11 bits per heavy atom. The van der Waals surface area contributed by atoms with Crippen LogP contribution in [0.1, 0.15) is 32.9 Å². The molecule has 0 aromatic carbocycles. The Hall–Kier alpha value is -1.26. The fourth-order valence-corrected chi connectivity index (χ4v) is 2.95. The van der Waals surface area contributed by atoms with Crippen LogP contribution in [-0.2, 0) is 6.42 Å². The lowest BCUT2D eigenvalue weighted by molar-refractivity contribution is 0.588. The van der Waals surface area contributed by atoms with E-state index in [-0.39, 0.29) is 0 Å². The van der Waals surface area contributed by atoms with Crippen molar-refractivity contribution < 1.29 is 0 Å². The molecule has 1 atom stereocenters. The molecule has 18 heavy (non-hydrogen) atoms. The summed E-state index contributed by atoms with van der Waals surface area (Å²) >= 11 is 1.79. The van der Waals surface area contributed by atoms with E-state index >= 15 is 0 Å². The molecule has 0 fully saturated rings. The molecule has 0 saturated carbocycles. The highest BCUT2D eigenvalue weighted by Crippen LogP contribution is 2.23. The molecule has 0 aliphatic heterocycles. The minimum Gasteiger partial charge on any atom is -0.313 e. The number of thiazole rings is 1. The quantitative estimate of drug-likeness (QED) is 0.919. The predicted octanol–water partition coefficient (Wildman–Crippen LogP) is 2.97. The first kappa shape index (κ1) is 13.2. The number of pyridine rings is 1. The van der Waals surface area contributed by atoms with Crippen molar-refractivity contribution in [1.29, 1.82) is 0 Å². The van der Waals surface area contributed by atoms with Crippen LogP contribution in [0.3, 0.4) is 0 Å². The lowest BCUT2D eigenvalue weighted by atomic mass is 10.0. The molecule has 0 aliphatic carbocycles. The number of hydrogen-bond acceptors (Lipinski definition) is 4. The fourth-order valence-electron chi connectivity index (χ4n) is 1.97. The van der Waals surface area contributed by atoms with Gasteiger partial charge in [-0.25, -0.2) is 4.98 Å². The van der Waals surface area contributed by atoms with Crippen LogP contribution >= 0.6 is 11.3 Å². The van der Waals surface area contributed by atoms with Gasteiger partial charge in [0.1, 0.15) is 0 Å². The molecule has 1 N–H and O–H groups in total. The first-order valence-corrected chi connectivity index (χ1v) is 6.94. The summed E-state index contributed by atoms with van der Waals surface area (Å²) in [4.78, 5) is 10.2. The summed E-state index contributed by atoms with van der Waals surface area (Å²) in [5, 5.41) is 4.56. The molecule has 2 heterocycles. The van der Waals surface area contributed by atoms with Gasteiger partial charge in [-0.1, -0.05) is 0 Å². The van der Waals surface area contributed by atoms with E-state index < -0.39 is 0 Å². The van der Waals surface area contributed by atoms with Crippen molar-refractivity contribution in [3.8, 4) is 0 Å². The third-order valence-corrected chi connectivity index (χ3v) is 4.22. The number of nitrogens with zero attached hydrogens (tertiary/aromatic N) is 2. The molecular weight excluding hydrogens is 242 g/mol. The summed E-state index contributed by atoms with van der Waals surface area (Å²) in [5.74, 6) is 0. The lowest BCUT2D eigenvalue weighted by Gasteiger charge is -2.15. The number of nitrogens with one attached hydrogen (secondary N) is 1.